The van der Waals surface area contributed by atoms with Crippen LogP contribution in [-0.2, 0) is 146 Å². The van der Waals surface area contributed by atoms with Crippen LogP contribution < -0.4 is 4.74 Å². The van der Waals surface area contributed by atoms with Crippen LogP contribution in [0.2, 0.25) is 0 Å². The molecule has 21 atom stereocenters. The minimum atomic E-state index is -1.71. The highest BCUT2D eigenvalue weighted by molar-refractivity contribution is 6.21. The van der Waals surface area contributed by atoms with Crippen LogP contribution in [0.1, 0.15) is 91.3 Å². The van der Waals surface area contributed by atoms with Crippen molar-refractivity contribution in [3.63, 3.8) is 0 Å². The summed E-state index contributed by atoms with van der Waals surface area (Å²) in [5.41, 5.74) is 17.3. The van der Waals surface area contributed by atoms with Crippen molar-refractivity contribution in [3.05, 3.63) is 327 Å². The number of fused-ring (bicyclic) bond motifs is 2. The second kappa shape index (κ2) is 43.2. The molecule has 5 saturated heterocycles. The second-order valence-electron chi connectivity index (χ2n) is 30.4. The number of hydrogen-bond acceptors (Lipinski definition) is 25. The fraction of sp³-hybridized carbons (Fsp3) is 0.389. The van der Waals surface area contributed by atoms with Crippen LogP contribution in [0.25, 0.3) is 10.4 Å². The molecule has 123 heavy (non-hydrogen) atoms. The van der Waals surface area contributed by atoms with Crippen molar-refractivity contribution in [2.75, 3.05) is 41.2 Å². The zero-order valence-electron chi connectivity index (χ0n) is 68.5. The standard InChI is InChI=1S/C95H100N4O24/c1-60-79(108-50-61-28-12-5-13-29-61)85(112-54-65-36-20-9-21-37-65)87(114-55-66-38-22-10-23-39-66)94(117-60)123-88-86(113-56-67-44-46-69(104-2)47-45-67)82-74(59-115-91(121-82)68-40-24-11-25-41-68)120-95(88)122-83-77(97-98-96)92(106-4)118-73(80(83)109-51-62-30-14-6-15-31-62)58-116-93-78(99-89(102)70-42-26-27-43-71(70)90(99)103)84(111-53-64-34-18-8-19-35-64)81(110-52-63-32-16-7-17-33-63)72(119-93)57-107-76(101)49-48-75(100)105-3/h5-47,60,72-74,77-88,91-95H,48-59H2,1-4H3/t60-,72+,73+,74+,77+,78+,79+,80-,81+,82-,83+,84+,85+,86-,87-,88+,91-,92+,93+,94-,95-/m0/s1. The summed E-state index contributed by atoms with van der Waals surface area (Å²) in [6.07, 6.45) is -24.2. The van der Waals surface area contributed by atoms with E-state index in [-0.39, 0.29) is 76.8 Å². The second-order valence-corrected chi connectivity index (χ2v) is 30.4. The van der Waals surface area contributed by atoms with Crippen LogP contribution in [0.5, 0.6) is 5.75 Å². The number of azide groups is 1. The van der Waals surface area contributed by atoms with E-state index in [1.54, 1.807) is 31.4 Å². The topological polar surface area (TPSA) is 305 Å². The summed E-state index contributed by atoms with van der Waals surface area (Å²) in [6.45, 7) is 0.794. The Kier molecular flexibility index (Phi) is 30.7. The number of carbonyl (C=O) groups excluding carboxylic acids is 4. The average molecular weight is 1680 g/mol. The molecule has 9 aromatic rings. The third kappa shape index (κ3) is 22.0. The molecule has 28 nitrogen and oxygen atoms in total. The van der Waals surface area contributed by atoms with E-state index >= 15 is 9.59 Å². The predicted molar refractivity (Wildman–Crippen MR) is 441 cm³/mol. The summed E-state index contributed by atoms with van der Waals surface area (Å²) in [7, 11) is 4.17. The molecule has 28 heteroatoms. The quantitative estimate of drug-likeness (QED) is 0.0114. The van der Waals surface area contributed by atoms with Gasteiger partial charge in [-0.25, -0.2) is 0 Å². The molecule has 15 rings (SSSR count). The molecule has 0 bridgehead atoms. The Bertz CT molecular complexity index is 4830. The molecule has 0 aromatic heterocycles. The van der Waals surface area contributed by atoms with Gasteiger partial charge < -0.3 is 94.7 Å². The van der Waals surface area contributed by atoms with Gasteiger partial charge >= 0.3 is 11.9 Å². The molecule has 644 valence electrons. The average Bonchev–Trinajstić information content (AvgIpc) is 1.62. The number of carbonyl (C=O) groups is 4. The third-order valence-corrected chi connectivity index (χ3v) is 22.3. The van der Waals surface area contributed by atoms with E-state index in [0.29, 0.717) is 22.4 Å². The van der Waals surface area contributed by atoms with Gasteiger partial charge in [0.1, 0.15) is 104 Å². The minimum Gasteiger partial charge on any atom is -0.497 e. The zero-order valence-corrected chi connectivity index (χ0v) is 68.5. The summed E-state index contributed by atoms with van der Waals surface area (Å²) in [4.78, 5) is 61.5. The van der Waals surface area contributed by atoms with E-state index in [9.17, 15) is 15.1 Å². The number of methoxy groups -OCH3 is 3. The molecule has 6 heterocycles. The Hall–Kier alpha value is -10.5. The zero-order chi connectivity index (χ0) is 84.8. The molecule has 6 aliphatic heterocycles. The molecule has 0 unspecified atom stereocenters. The van der Waals surface area contributed by atoms with Crippen LogP contribution in [-0.4, -0.2) is 193 Å². The number of imide groups is 1. The van der Waals surface area contributed by atoms with Gasteiger partial charge in [-0.05, 0) is 75.7 Å². The number of esters is 2. The maximum Gasteiger partial charge on any atom is 0.306 e. The van der Waals surface area contributed by atoms with Gasteiger partial charge in [0.15, 0.2) is 31.5 Å². The molecule has 5 fully saturated rings. The molecule has 2 amide bonds. The molecule has 0 radical (unpaired) electrons. The smallest absolute Gasteiger partial charge is 0.306 e. The van der Waals surface area contributed by atoms with Gasteiger partial charge in [-0.2, -0.15) is 0 Å². The first-order valence-corrected chi connectivity index (χ1v) is 41.2. The Balaban J connectivity index is 0.842. The summed E-state index contributed by atoms with van der Waals surface area (Å²) in [6, 6.07) is 77.4. The SMILES string of the molecule is COC(=O)CCC(=O)OC[C@H]1O[C@@H](OC[C@H]2O[C@@H](OC)[C@H](N=[N+]=[N-])[C@@H](O[C@@H]3O[C@@H]4CO[C@H](c5ccccc5)O[C@@H]4[C@H](OCc4ccc(OC)cc4)[C@H]3O[C@@H]3O[C@@H](C)[C@@H](OCc4ccccc4)[C@@H](OCc4ccccc4)[C@@H]3OCc3ccccc3)[C@H]2OCc2ccccc2)[C@H](N2C(=O)c3ccccc3C2=O)[C@@H](OCc2ccccc2)[C@@H]1OCc1ccccc1. The summed E-state index contributed by atoms with van der Waals surface area (Å²) in [5.74, 6) is -2.19. The van der Waals surface area contributed by atoms with Gasteiger partial charge in [0.05, 0.1) is 104 Å². The van der Waals surface area contributed by atoms with Gasteiger partial charge in [0.25, 0.3) is 11.8 Å². The summed E-state index contributed by atoms with van der Waals surface area (Å²) >= 11 is 0. The van der Waals surface area contributed by atoms with Gasteiger partial charge in [0.2, 0.25) is 0 Å². The molecule has 6 aliphatic rings. The van der Waals surface area contributed by atoms with Crippen molar-refractivity contribution in [3.8, 4) is 5.75 Å². The Morgan fingerprint density at radius 3 is 1.34 bits per heavy atom. The van der Waals surface area contributed by atoms with E-state index in [4.69, 9.17) is 94.7 Å². The maximum atomic E-state index is 15.4. The van der Waals surface area contributed by atoms with Gasteiger partial charge in [-0.1, -0.05) is 242 Å². The molecule has 9 aromatic carbocycles. The lowest BCUT2D eigenvalue weighted by Gasteiger charge is -2.53. The van der Waals surface area contributed by atoms with E-state index in [0.717, 1.165) is 32.7 Å². The normalized spacial score (nSPS) is 28.0. The molecule has 0 N–H and O–H groups in total. The van der Waals surface area contributed by atoms with Gasteiger partial charge in [-0.3, -0.25) is 24.1 Å². The van der Waals surface area contributed by atoms with Crippen molar-refractivity contribution in [2.45, 2.75) is 195 Å². The van der Waals surface area contributed by atoms with Crippen LogP contribution in [0.4, 0.5) is 0 Å². The first kappa shape index (κ1) is 87.4. The molecule has 0 aliphatic carbocycles. The van der Waals surface area contributed by atoms with Crippen LogP contribution in [0.3, 0.4) is 0 Å². The van der Waals surface area contributed by atoms with Crippen molar-refractivity contribution in [1.82, 2.24) is 4.90 Å². The summed E-state index contributed by atoms with van der Waals surface area (Å²) in [5, 5.41) is 4.42. The van der Waals surface area contributed by atoms with Crippen LogP contribution in [0.15, 0.2) is 266 Å². The number of nitrogens with zero attached hydrogens (tertiary/aromatic N) is 4. The monoisotopic (exact) mass is 1680 g/mol. The van der Waals surface area contributed by atoms with E-state index in [1.807, 2.05) is 244 Å². The summed E-state index contributed by atoms with van der Waals surface area (Å²) < 4.78 is 138. The van der Waals surface area contributed by atoms with Crippen molar-refractivity contribution >= 4 is 23.8 Å². The van der Waals surface area contributed by atoms with Gasteiger partial charge in [-0.15, -0.1) is 0 Å². The largest absolute Gasteiger partial charge is 0.497 e. The fourth-order valence-electron chi connectivity index (χ4n) is 16.1. The lowest BCUT2D eigenvalue weighted by molar-refractivity contribution is -0.411. The minimum absolute atomic E-state index is 0.0347. The first-order chi connectivity index (χ1) is 60.4. The van der Waals surface area contributed by atoms with Crippen LogP contribution >= 0.6 is 0 Å². The Morgan fingerprint density at radius 1 is 0.415 bits per heavy atom. The lowest BCUT2D eigenvalue weighted by Crippen LogP contribution is -2.69. The first-order valence-electron chi connectivity index (χ1n) is 41.2. The highest BCUT2D eigenvalue weighted by atomic mass is 16.8. The fourth-order valence-corrected chi connectivity index (χ4v) is 16.1. The number of ether oxygens (including phenoxy) is 20. The third-order valence-electron chi connectivity index (χ3n) is 22.3. The molecular weight excluding hydrogens is 1580 g/mol. The number of rotatable bonds is 38. The van der Waals surface area contributed by atoms with E-state index in [1.165, 1.54) is 14.2 Å². The maximum absolute atomic E-state index is 15.4. The van der Waals surface area contributed by atoms with Crippen molar-refractivity contribution in [2.24, 2.45) is 5.11 Å². The van der Waals surface area contributed by atoms with Gasteiger partial charge in [0, 0.05) is 17.6 Å². The highest BCUT2D eigenvalue weighted by Gasteiger charge is 2.60. The number of benzene rings is 9. The molecular formula is C95H100N4O24. The predicted octanol–water partition coefficient (Wildman–Crippen LogP) is 13.4. The lowest BCUT2D eigenvalue weighted by atomic mass is 9.93. The van der Waals surface area contributed by atoms with E-state index < -0.39 is 166 Å². The Labute approximate surface area is 713 Å². The Morgan fingerprint density at radius 2 is 0.837 bits per heavy atom. The van der Waals surface area contributed by atoms with Crippen LogP contribution in [0, 0.1) is 0 Å². The highest BCUT2D eigenvalue weighted by Crippen LogP contribution is 2.44. The molecule has 0 saturated carbocycles. The number of hydrogen-bond donors (Lipinski definition) is 0. The molecule has 0 spiro atoms. The van der Waals surface area contributed by atoms with Crippen molar-refractivity contribution in [1.29, 1.82) is 0 Å². The van der Waals surface area contributed by atoms with Crippen molar-refractivity contribution < 1.29 is 114 Å². The number of amides is 2. The van der Waals surface area contributed by atoms with E-state index in [2.05, 4.69) is 10.0 Å².